The molecule has 0 unspecified atom stereocenters. The standard InChI is InChI=1S/C18H14BrClN6O/c19-12-4-5-15(14(20)9-12)22-18(27)23-16-6-8-26(24-16)11-13-10-25-7-2-1-3-17(25)21-13/h1-10H,11H2,(H2,22,23,24,27). The third kappa shape index (κ3) is 4.12. The fraction of sp³-hybridized carbons (Fsp3) is 0.0556. The minimum absolute atomic E-state index is 0.419. The second-order valence-electron chi connectivity index (χ2n) is 5.80. The van der Waals surface area contributed by atoms with E-state index in [1.54, 1.807) is 35.1 Å². The van der Waals surface area contributed by atoms with E-state index >= 15 is 0 Å². The van der Waals surface area contributed by atoms with Gasteiger partial charge in [0.15, 0.2) is 5.82 Å². The number of nitrogens with zero attached hydrogens (tertiary/aromatic N) is 4. The Labute approximate surface area is 168 Å². The summed E-state index contributed by atoms with van der Waals surface area (Å²) in [4.78, 5) is 16.7. The Hall–Kier alpha value is -2.84. The first-order valence-electron chi connectivity index (χ1n) is 8.06. The normalized spacial score (nSPS) is 10.9. The van der Waals surface area contributed by atoms with E-state index in [0.717, 1.165) is 15.8 Å². The third-order valence-electron chi connectivity index (χ3n) is 3.80. The van der Waals surface area contributed by atoms with Crippen LogP contribution in [0.3, 0.4) is 0 Å². The molecular formula is C18H14BrClN6O. The van der Waals surface area contributed by atoms with Gasteiger partial charge in [-0.1, -0.05) is 33.6 Å². The molecule has 0 spiro atoms. The van der Waals surface area contributed by atoms with Gasteiger partial charge in [0.1, 0.15) is 5.65 Å². The van der Waals surface area contributed by atoms with Gasteiger partial charge in [0.2, 0.25) is 0 Å². The molecule has 0 saturated carbocycles. The van der Waals surface area contributed by atoms with Gasteiger partial charge in [-0.25, -0.2) is 9.78 Å². The van der Waals surface area contributed by atoms with Crippen LogP contribution in [0.1, 0.15) is 5.69 Å². The molecule has 136 valence electrons. The summed E-state index contributed by atoms with van der Waals surface area (Å²) in [5.74, 6) is 0.435. The predicted molar refractivity (Wildman–Crippen MR) is 108 cm³/mol. The van der Waals surface area contributed by atoms with E-state index in [1.807, 2.05) is 35.0 Å². The molecule has 9 heteroatoms. The van der Waals surface area contributed by atoms with Crippen molar-refractivity contribution in [3.8, 4) is 0 Å². The zero-order valence-electron chi connectivity index (χ0n) is 13.9. The van der Waals surface area contributed by atoms with Crippen molar-refractivity contribution < 1.29 is 4.79 Å². The fourth-order valence-electron chi connectivity index (χ4n) is 2.61. The lowest BCUT2D eigenvalue weighted by molar-refractivity contribution is 0.262. The summed E-state index contributed by atoms with van der Waals surface area (Å²) >= 11 is 9.43. The first-order chi connectivity index (χ1) is 13.1. The second-order valence-corrected chi connectivity index (χ2v) is 7.12. The van der Waals surface area contributed by atoms with Crippen LogP contribution in [0.2, 0.25) is 5.02 Å². The summed E-state index contributed by atoms with van der Waals surface area (Å²) in [5.41, 5.74) is 2.27. The molecule has 0 fully saturated rings. The maximum absolute atomic E-state index is 12.1. The molecule has 7 nitrogen and oxygen atoms in total. The Morgan fingerprint density at radius 2 is 2.04 bits per heavy atom. The van der Waals surface area contributed by atoms with Crippen LogP contribution < -0.4 is 10.6 Å². The maximum Gasteiger partial charge on any atom is 0.324 e. The van der Waals surface area contributed by atoms with Crippen molar-refractivity contribution in [3.05, 3.63) is 76.2 Å². The SMILES string of the molecule is O=C(Nc1ccn(Cc2cn3ccccc3n2)n1)Nc1ccc(Br)cc1Cl. The number of amides is 2. The van der Waals surface area contributed by atoms with Gasteiger partial charge in [-0.15, -0.1) is 0 Å². The van der Waals surface area contributed by atoms with Crippen LogP contribution >= 0.6 is 27.5 Å². The summed E-state index contributed by atoms with van der Waals surface area (Å²) in [5, 5.41) is 10.2. The lowest BCUT2D eigenvalue weighted by atomic mass is 10.3. The Morgan fingerprint density at radius 3 is 2.85 bits per heavy atom. The average molecular weight is 446 g/mol. The number of halogens is 2. The van der Waals surface area contributed by atoms with Crippen LogP contribution in [-0.2, 0) is 6.54 Å². The molecule has 0 aliphatic carbocycles. The highest BCUT2D eigenvalue weighted by Crippen LogP contribution is 2.25. The Bertz CT molecular complexity index is 1090. The molecule has 0 aliphatic heterocycles. The maximum atomic E-state index is 12.1. The Kier molecular flexibility index (Phi) is 4.83. The third-order valence-corrected chi connectivity index (χ3v) is 4.61. The van der Waals surface area contributed by atoms with E-state index in [0.29, 0.717) is 23.1 Å². The monoisotopic (exact) mass is 444 g/mol. The number of anilines is 2. The van der Waals surface area contributed by atoms with Gasteiger partial charge in [0.05, 0.1) is 22.9 Å². The van der Waals surface area contributed by atoms with Crippen LogP contribution in [0.15, 0.2) is 65.5 Å². The topological polar surface area (TPSA) is 76.2 Å². The van der Waals surface area contributed by atoms with Gasteiger partial charge >= 0.3 is 6.03 Å². The van der Waals surface area contributed by atoms with Gasteiger partial charge in [0.25, 0.3) is 0 Å². The molecule has 0 saturated heterocycles. The average Bonchev–Trinajstić information content (AvgIpc) is 3.23. The second kappa shape index (κ2) is 7.42. The molecule has 3 aromatic heterocycles. The molecule has 27 heavy (non-hydrogen) atoms. The zero-order valence-corrected chi connectivity index (χ0v) is 16.3. The first kappa shape index (κ1) is 17.6. The number of hydrogen-bond donors (Lipinski definition) is 2. The van der Waals surface area contributed by atoms with Gasteiger partial charge in [-0.2, -0.15) is 5.10 Å². The van der Waals surface area contributed by atoms with E-state index in [4.69, 9.17) is 11.6 Å². The van der Waals surface area contributed by atoms with E-state index in [2.05, 4.69) is 36.6 Å². The largest absolute Gasteiger partial charge is 0.324 e. The molecule has 0 bridgehead atoms. The van der Waals surface area contributed by atoms with Crippen molar-refractivity contribution in [1.82, 2.24) is 19.2 Å². The number of aromatic nitrogens is 4. The molecule has 2 amide bonds. The highest BCUT2D eigenvalue weighted by Gasteiger charge is 2.09. The number of benzene rings is 1. The number of carbonyl (C=O) groups is 1. The zero-order chi connectivity index (χ0) is 18.8. The molecule has 3 heterocycles. The molecule has 0 aliphatic rings. The van der Waals surface area contributed by atoms with Gasteiger partial charge < -0.3 is 9.72 Å². The van der Waals surface area contributed by atoms with E-state index in [9.17, 15) is 4.79 Å². The van der Waals surface area contributed by atoms with Crippen molar-refractivity contribution >= 4 is 50.7 Å². The number of nitrogens with one attached hydrogen (secondary N) is 2. The van der Waals surface area contributed by atoms with Crippen LogP contribution in [0, 0.1) is 0 Å². The number of imidazole rings is 1. The van der Waals surface area contributed by atoms with Crippen molar-refractivity contribution in [2.45, 2.75) is 6.54 Å². The van der Waals surface area contributed by atoms with Gasteiger partial charge in [0, 0.05) is 29.1 Å². The molecule has 4 aromatic rings. The fourth-order valence-corrected chi connectivity index (χ4v) is 3.33. The number of carbonyl (C=O) groups excluding carboxylic acids is 1. The Morgan fingerprint density at radius 1 is 1.15 bits per heavy atom. The molecule has 4 rings (SSSR count). The van der Waals surface area contributed by atoms with Crippen LogP contribution in [0.4, 0.5) is 16.3 Å². The van der Waals surface area contributed by atoms with Crippen molar-refractivity contribution in [2.24, 2.45) is 0 Å². The molecule has 1 aromatic carbocycles. The smallest absolute Gasteiger partial charge is 0.307 e. The number of hydrogen-bond acceptors (Lipinski definition) is 3. The first-order valence-corrected chi connectivity index (χ1v) is 9.23. The number of pyridine rings is 1. The van der Waals surface area contributed by atoms with E-state index in [1.165, 1.54) is 0 Å². The molecule has 2 N–H and O–H groups in total. The molecular weight excluding hydrogens is 432 g/mol. The molecule has 0 radical (unpaired) electrons. The number of fused-ring (bicyclic) bond motifs is 1. The summed E-state index contributed by atoms with van der Waals surface area (Å²) in [6.07, 6.45) is 5.68. The summed E-state index contributed by atoms with van der Waals surface area (Å²) < 4.78 is 4.50. The lowest BCUT2D eigenvalue weighted by Gasteiger charge is -2.07. The van der Waals surface area contributed by atoms with Crippen molar-refractivity contribution in [1.29, 1.82) is 0 Å². The van der Waals surface area contributed by atoms with Crippen LogP contribution in [0.5, 0.6) is 0 Å². The summed E-state index contributed by atoms with van der Waals surface area (Å²) in [7, 11) is 0. The van der Waals surface area contributed by atoms with Gasteiger partial charge in [-0.05, 0) is 30.3 Å². The quantitative estimate of drug-likeness (QED) is 0.480. The van der Waals surface area contributed by atoms with Crippen molar-refractivity contribution in [3.63, 3.8) is 0 Å². The highest BCUT2D eigenvalue weighted by molar-refractivity contribution is 9.10. The van der Waals surface area contributed by atoms with Crippen LogP contribution in [0.25, 0.3) is 5.65 Å². The predicted octanol–water partition coefficient (Wildman–Crippen LogP) is 4.64. The number of urea groups is 1. The van der Waals surface area contributed by atoms with Crippen LogP contribution in [-0.4, -0.2) is 25.2 Å². The minimum Gasteiger partial charge on any atom is -0.307 e. The summed E-state index contributed by atoms with van der Waals surface area (Å²) in [6, 6.07) is 12.4. The van der Waals surface area contributed by atoms with Gasteiger partial charge in [-0.3, -0.25) is 10.00 Å². The molecule has 0 atom stereocenters. The van der Waals surface area contributed by atoms with E-state index < -0.39 is 6.03 Å². The lowest BCUT2D eigenvalue weighted by Crippen LogP contribution is -2.20. The summed E-state index contributed by atoms with van der Waals surface area (Å²) in [6.45, 7) is 0.503. The number of rotatable bonds is 4. The van der Waals surface area contributed by atoms with Crippen molar-refractivity contribution in [2.75, 3.05) is 10.6 Å². The highest BCUT2D eigenvalue weighted by atomic mass is 79.9. The minimum atomic E-state index is -0.419. The Balaban J connectivity index is 1.40. The van der Waals surface area contributed by atoms with E-state index in [-0.39, 0.29) is 0 Å².